The SMILES string of the molecule is Cc1ccc(C(CC2CC3CCC2C3)NN)c(Br)c1. The van der Waals surface area contributed by atoms with E-state index in [0.29, 0.717) is 0 Å². The van der Waals surface area contributed by atoms with Gasteiger partial charge in [-0.1, -0.05) is 34.5 Å². The highest BCUT2D eigenvalue weighted by Gasteiger charge is 2.40. The van der Waals surface area contributed by atoms with Gasteiger partial charge in [0.15, 0.2) is 0 Å². The van der Waals surface area contributed by atoms with Crippen LogP contribution in [0.5, 0.6) is 0 Å². The van der Waals surface area contributed by atoms with Gasteiger partial charge in [0.1, 0.15) is 0 Å². The van der Waals surface area contributed by atoms with Crippen molar-refractivity contribution in [1.29, 1.82) is 0 Å². The molecule has 19 heavy (non-hydrogen) atoms. The molecule has 0 radical (unpaired) electrons. The van der Waals surface area contributed by atoms with Crippen LogP contribution in [0.4, 0.5) is 0 Å². The molecule has 0 spiro atoms. The summed E-state index contributed by atoms with van der Waals surface area (Å²) in [6, 6.07) is 6.84. The van der Waals surface area contributed by atoms with Gasteiger partial charge >= 0.3 is 0 Å². The normalized spacial score (nSPS) is 30.8. The third-order valence-corrected chi connectivity index (χ3v) is 5.84. The molecule has 0 saturated heterocycles. The lowest BCUT2D eigenvalue weighted by atomic mass is 9.83. The average Bonchev–Trinajstić information content (AvgIpc) is 2.99. The summed E-state index contributed by atoms with van der Waals surface area (Å²) in [7, 11) is 0. The second-order valence-electron chi connectivity index (χ2n) is 6.41. The predicted molar refractivity (Wildman–Crippen MR) is 82.5 cm³/mol. The van der Waals surface area contributed by atoms with E-state index in [1.165, 1.54) is 47.7 Å². The fourth-order valence-electron chi connectivity index (χ4n) is 4.17. The molecule has 3 rings (SSSR count). The zero-order valence-electron chi connectivity index (χ0n) is 11.5. The molecule has 3 N–H and O–H groups in total. The van der Waals surface area contributed by atoms with E-state index in [-0.39, 0.29) is 6.04 Å². The van der Waals surface area contributed by atoms with Gasteiger partial charge in [-0.2, -0.15) is 0 Å². The molecule has 4 unspecified atom stereocenters. The van der Waals surface area contributed by atoms with Crippen LogP contribution in [0.1, 0.15) is 49.3 Å². The number of nitrogens with two attached hydrogens (primary N) is 1. The molecule has 0 aromatic heterocycles. The van der Waals surface area contributed by atoms with Crippen LogP contribution in [-0.2, 0) is 0 Å². The Kier molecular flexibility index (Phi) is 3.97. The fraction of sp³-hybridized carbons (Fsp3) is 0.625. The Morgan fingerprint density at radius 2 is 2.21 bits per heavy atom. The zero-order valence-corrected chi connectivity index (χ0v) is 13.1. The summed E-state index contributed by atoms with van der Waals surface area (Å²) in [6.07, 6.45) is 6.99. The summed E-state index contributed by atoms with van der Waals surface area (Å²) in [5.41, 5.74) is 5.62. The maximum absolute atomic E-state index is 5.82. The number of hydrazine groups is 1. The van der Waals surface area contributed by atoms with E-state index >= 15 is 0 Å². The highest BCUT2D eigenvalue weighted by Crippen LogP contribution is 2.51. The smallest absolute Gasteiger partial charge is 0.0473 e. The van der Waals surface area contributed by atoms with Crippen molar-refractivity contribution >= 4 is 15.9 Å². The van der Waals surface area contributed by atoms with Crippen LogP contribution in [0, 0.1) is 24.7 Å². The van der Waals surface area contributed by atoms with Crippen molar-refractivity contribution < 1.29 is 0 Å². The standard InChI is InChI=1S/C16H23BrN2/c1-10-2-5-14(15(17)6-10)16(19-18)9-13-8-11-3-4-12(13)7-11/h2,5-6,11-13,16,19H,3-4,7-9,18H2,1H3. The van der Waals surface area contributed by atoms with Gasteiger partial charge in [0.05, 0.1) is 0 Å². The van der Waals surface area contributed by atoms with Crippen molar-refractivity contribution in [1.82, 2.24) is 5.43 Å². The Labute approximate surface area is 124 Å². The molecule has 0 aliphatic heterocycles. The van der Waals surface area contributed by atoms with Gasteiger partial charge in [-0.05, 0) is 67.6 Å². The summed E-state index contributed by atoms with van der Waals surface area (Å²) in [4.78, 5) is 0. The van der Waals surface area contributed by atoms with Crippen LogP contribution in [-0.4, -0.2) is 0 Å². The van der Waals surface area contributed by atoms with Crippen LogP contribution in [0.3, 0.4) is 0 Å². The van der Waals surface area contributed by atoms with Crippen LogP contribution in [0.25, 0.3) is 0 Å². The summed E-state index contributed by atoms with van der Waals surface area (Å²) in [6.45, 7) is 2.12. The van der Waals surface area contributed by atoms with E-state index in [1.54, 1.807) is 0 Å². The quantitative estimate of drug-likeness (QED) is 0.647. The van der Waals surface area contributed by atoms with Crippen molar-refractivity contribution in [2.75, 3.05) is 0 Å². The lowest BCUT2D eigenvalue weighted by Crippen LogP contribution is -2.31. The van der Waals surface area contributed by atoms with Crippen LogP contribution < -0.4 is 11.3 Å². The van der Waals surface area contributed by atoms with Gasteiger partial charge < -0.3 is 0 Å². The van der Waals surface area contributed by atoms with E-state index in [0.717, 1.165) is 17.8 Å². The molecule has 2 nitrogen and oxygen atoms in total. The topological polar surface area (TPSA) is 38.0 Å². The van der Waals surface area contributed by atoms with Crippen molar-refractivity contribution in [3.8, 4) is 0 Å². The monoisotopic (exact) mass is 322 g/mol. The molecule has 0 amide bonds. The first-order valence-electron chi connectivity index (χ1n) is 7.39. The number of aryl methyl sites for hydroxylation is 1. The molecule has 1 aromatic rings. The van der Waals surface area contributed by atoms with E-state index in [2.05, 4.69) is 46.5 Å². The second kappa shape index (κ2) is 5.55. The number of fused-ring (bicyclic) bond motifs is 2. The lowest BCUT2D eigenvalue weighted by molar-refractivity contribution is 0.280. The van der Waals surface area contributed by atoms with Gasteiger partial charge in [0.2, 0.25) is 0 Å². The predicted octanol–water partition coefficient (Wildman–Crippen LogP) is 4.09. The number of rotatable bonds is 4. The summed E-state index contributed by atoms with van der Waals surface area (Å²) in [5.74, 6) is 8.66. The van der Waals surface area contributed by atoms with Crippen molar-refractivity contribution in [3.63, 3.8) is 0 Å². The van der Waals surface area contributed by atoms with Gasteiger partial charge in [-0.3, -0.25) is 11.3 Å². The van der Waals surface area contributed by atoms with E-state index in [9.17, 15) is 0 Å². The van der Waals surface area contributed by atoms with Crippen molar-refractivity contribution in [3.05, 3.63) is 33.8 Å². The molecule has 2 aliphatic carbocycles. The molecule has 2 saturated carbocycles. The minimum Gasteiger partial charge on any atom is -0.271 e. The second-order valence-corrected chi connectivity index (χ2v) is 7.27. The first kappa shape index (κ1) is 13.6. The highest BCUT2D eigenvalue weighted by molar-refractivity contribution is 9.10. The van der Waals surface area contributed by atoms with Crippen molar-refractivity contribution in [2.24, 2.45) is 23.6 Å². The summed E-state index contributed by atoms with van der Waals surface area (Å²) < 4.78 is 1.18. The molecule has 1 aromatic carbocycles. The third-order valence-electron chi connectivity index (χ3n) is 5.16. The molecular weight excluding hydrogens is 300 g/mol. The van der Waals surface area contributed by atoms with Gasteiger partial charge in [0, 0.05) is 10.5 Å². The number of hydrogen-bond acceptors (Lipinski definition) is 2. The number of nitrogens with one attached hydrogen (secondary N) is 1. The molecule has 3 heteroatoms. The average molecular weight is 323 g/mol. The Bertz CT molecular complexity index is 460. The molecule has 104 valence electrons. The molecule has 2 fully saturated rings. The Hall–Kier alpha value is -0.380. The zero-order chi connectivity index (χ0) is 13.4. The lowest BCUT2D eigenvalue weighted by Gasteiger charge is -2.27. The molecule has 2 aliphatic rings. The Balaban J connectivity index is 1.73. The Morgan fingerprint density at radius 1 is 1.37 bits per heavy atom. The van der Waals surface area contributed by atoms with E-state index in [1.807, 2.05) is 0 Å². The largest absolute Gasteiger partial charge is 0.271 e. The van der Waals surface area contributed by atoms with E-state index < -0.39 is 0 Å². The third kappa shape index (κ3) is 2.74. The maximum atomic E-state index is 5.82. The summed E-state index contributed by atoms with van der Waals surface area (Å²) in [5, 5.41) is 0. The van der Waals surface area contributed by atoms with Crippen molar-refractivity contribution in [2.45, 2.75) is 45.1 Å². The van der Waals surface area contributed by atoms with E-state index in [4.69, 9.17) is 5.84 Å². The van der Waals surface area contributed by atoms with Crippen LogP contribution in [0.2, 0.25) is 0 Å². The molecule has 4 atom stereocenters. The van der Waals surface area contributed by atoms with Gasteiger partial charge in [-0.15, -0.1) is 0 Å². The molecule has 2 bridgehead atoms. The fourth-order valence-corrected chi connectivity index (χ4v) is 4.94. The first-order valence-corrected chi connectivity index (χ1v) is 8.19. The van der Waals surface area contributed by atoms with Crippen LogP contribution >= 0.6 is 15.9 Å². The number of hydrogen-bond donors (Lipinski definition) is 2. The summed E-state index contributed by atoms with van der Waals surface area (Å²) >= 11 is 3.68. The minimum atomic E-state index is 0.277. The molecular formula is C16H23BrN2. The minimum absolute atomic E-state index is 0.277. The van der Waals surface area contributed by atoms with Gasteiger partial charge in [-0.25, -0.2) is 0 Å². The number of benzene rings is 1. The maximum Gasteiger partial charge on any atom is 0.0473 e. The molecule has 0 heterocycles. The number of halogens is 1. The van der Waals surface area contributed by atoms with Crippen LogP contribution in [0.15, 0.2) is 22.7 Å². The van der Waals surface area contributed by atoms with Gasteiger partial charge in [0.25, 0.3) is 0 Å². The highest BCUT2D eigenvalue weighted by atomic mass is 79.9. The first-order chi connectivity index (χ1) is 9.17. The Morgan fingerprint density at radius 3 is 2.79 bits per heavy atom.